The average Bonchev–Trinajstić information content (AvgIpc) is 3.03. The first kappa shape index (κ1) is 29.6. The molecule has 0 bridgehead atoms. The molecule has 7 heteroatoms. The Labute approximate surface area is 257 Å². The number of nitrogen functional groups attached to an aromatic ring is 1. The van der Waals surface area contributed by atoms with Crippen LogP contribution in [-0.4, -0.2) is 36.4 Å². The molecule has 6 rings (SSSR count). The summed E-state index contributed by atoms with van der Waals surface area (Å²) in [6.45, 7) is 3.02. The van der Waals surface area contributed by atoms with Gasteiger partial charge in [0.25, 0.3) is 0 Å². The number of hydrogen-bond acceptors (Lipinski definition) is 7. The van der Waals surface area contributed by atoms with E-state index in [0.29, 0.717) is 39.7 Å². The van der Waals surface area contributed by atoms with E-state index in [1.54, 1.807) is 30.3 Å². The van der Waals surface area contributed by atoms with E-state index in [4.69, 9.17) is 15.2 Å². The van der Waals surface area contributed by atoms with Gasteiger partial charge in [0.1, 0.15) is 6.10 Å². The lowest BCUT2D eigenvalue weighted by Crippen LogP contribution is -2.37. The van der Waals surface area contributed by atoms with Crippen molar-refractivity contribution in [3.63, 3.8) is 0 Å². The number of thioether (sulfide) groups is 1. The molecule has 0 aromatic heterocycles. The van der Waals surface area contributed by atoms with Crippen molar-refractivity contribution in [3.8, 4) is 0 Å². The van der Waals surface area contributed by atoms with Gasteiger partial charge in [-0.05, 0) is 68.4 Å². The van der Waals surface area contributed by atoms with Gasteiger partial charge in [0, 0.05) is 33.9 Å². The minimum absolute atomic E-state index is 0.0235. The van der Waals surface area contributed by atoms with E-state index in [1.165, 1.54) is 11.8 Å². The maximum Gasteiger partial charge on any atom is 0.340 e. The first-order valence-electron chi connectivity index (χ1n) is 15.6. The smallest absolute Gasteiger partial charge is 0.340 e. The van der Waals surface area contributed by atoms with E-state index in [-0.39, 0.29) is 40.0 Å². The average molecular weight is 598 g/mol. The van der Waals surface area contributed by atoms with Crippen molar-refractivity contribution < 1.29 is 23.9 Å². The maximum absolute atomic E-state index is 13.7. The normalized spacial score (nSPS) is 22.8. The minimum Gasteiger partial charge on any atom is -0.459 e. The number of unbranched alkanes of at least 4 members (excludes halogenated alkanes) is 1. The predicted octanol–water partition coefficient (Wildman–Crippen LogP) is 7.65. The van der Waals surface area contributed by atoms with Gasteiger partial charge in [-0.1, -0.05) is 67.9 Å². The summed E-state index contributed by atoms with van der Waals surface area (Å²) >= 11 is 1.43. The standard InChI is InChI=1S/C36H39NO5S/c1-2-3-17-41-25-15-13-24-19-26(16-14-23(24)18-25)42-36(40)29-20-30(43-21-22-9-5-4-6-10-22)31-32(33(29)37)35(39)28-12-8-7-11-27(28)34(31)38/h4-12,20,23-26H,2-3,13-19,21,37H2,1H3/t23-,24?,25?,26-/m1/s1. The Kier molecular flexibility index (Phi) is 9.01. The third kappa shape index (κ3) is 6.16. The zero-order chi connectivity index (χ0) is 29.9. The van der Waals surface area contributed by atoms with E-state index in [0.717, 1.165) is 63.5 Å². The van der Waals surface area contributed by atoms with Gasteiger partial charge < -0.3 is 15.2 Å². The molecule has 43 heavy (non-hydrogen) atoms. The summed E-state index contributed by atoms with van der Waals surface area (Å²) < 4.78 is 12.2. The number of fused-ring (bicyclic) bond motifs is 3. The lowest BCUT2D eigenvalue weighted by molar-refractivity contribution is -0.0404. The van der Waals surface area contributed by atoms with Crippen molar-refractivity contribution in [3.05, 3.63) is 94.0 Å². The molecule has 2 fully saturated rings. The van der Waals surface area contributed by atoms with Crippen molar-refractivity contribution in [1.82, 2.24) is 0 Å². The first-order valence-corrected chi connectivity index (χ1v) is 16.6. The quantitative estimate of drug-likeness (QED) is 0.0916. The third-order valence-electron chi connectivity index (χ3n) is 9.30. The molecule has 0 saturated heterocycles. The molecule has 3 aromatic carbocycles. The van der Waals surface area contributed by atoms with Gasteiger partial charge >= 0.3 is 5.97 Å². The molecule has 0 amide bonds. The van der Waals surface area contributed by atoms with Crippen LogP contribution in [0.5, 0.6) is 0 Å². The Balaban J connectivity index is 1.23. The number of esters is 1. The summed E-state index contributed by atoms with van der Waals surface area (Å²) in [6.07, 6.45) is 8.29. The van der Waals surface area contributed by atoms with Crippen LogP contribution in [-0.2, 0) is 15.2 Å². The van der Waals surface area contributed by atoms with Crippen LogP contribution in [0.15, 0.2) is 65.6 Å². The maximum atomic E-state index is 13.7. The molecular weight excluding hydrogens is 558 g/mol. The largest absolute Gasteiger partial charge is 0.459 e. The summed E-state index contributed by atoms with van der Waals surface area (Å²) in [7, 11) is 0. The number of nitrogens with two attached hydrogens (primary N) is 1. The number of carbonyl (C=O) groups is 3. The zero-order valence-electron chi connectivity index (χ0n) is 24.7. The molecule has 2 saturated carbocycles. The van der Waals surface area contributed by atoms with Crippen molar-refractivity contribution in [2.75, 3.05) is 12.3 Å². The molecule has 0 spiro atoms. The minimum atomic E-state index is -0.527. The topological polar surface area (TPSA) is 95.7 Å². The second-order valence-corrected chi connectivity index (χ2v) is 13.1. The van der Waals surface area contributed by atoms with Gasteiger partial charge in [-0.2, -0.15) is 0 Å². The van der Waals surface area contributed by atoms with Crippen LogP contribution in [0.2, 0.25) is 0 Å². The Morgan fingerprint density at radius 2 is 1.49 bits per heavy atom. The van der Waals surface area contributed by atoms with Crippen LogP contribution in [0, 0.1) is 11.8 Å². The molecule has 4 atom stereocenters. The van der Waals surface area contributed by atoms with Crippen LogP contribution in [0.3, 0.4) is 0 Å². The molecule has 6 nitrogen and oxygen atoms in total. The fourth-order valence-corrected chi connectivity index (χ4v) is 8.03. The summed E-state index contributed by atoms with van der Waals surface area (Å²) in [5.74, 6) is 0.585. The number of ketones is 2. The molecule has 0 radical (unpaired) electrons. The van der Waals surface area contributed by atoms with E-state index >= 15 is 0 Å². The highest BCUT2D eigenvalue weighted by molar-refractivity contribution is 7.98. The number of anilines is 1. The molecule has 0 heterocycles. The van der Waals surface area contributed by atoms with Crippen LogP contribution >= 0.6 is 11.8 Å². The summed E-state index contributed by atoms with van der Waals surface area (Å²) in [6, 6.07) is 18.3. The highest BCUT2D eigenvalue weighted by atomic mass is 32.2. The van der Waals surface area contributed by atoms with Crippen molar-refractivity contribution in [2.45, 2.75) is 81.1 Å². The Morgan fingerprint density at radius 1 is 0.860 bits per heavy atom. The lowest BCUT2D eigenvalue weighted by Gasteiger charge is -2.41. The van der Waals surface area contributed by atoms with Gasteiger partial charge in [-0.15, -0.1) is 11.8 Å². The van der Waals surface area contributed by atoms with Crippen LogP contribution in [0.4, 0.5) is 5.69 Å². The molecule has 3 aliphatic carbocycles. The lowest BCUT2D eigenvalue weighted by atomic mass is 9.69. The number of carbonyl (C=O) groups excluding carboxylic acids is 3. The number of hydrogen-bond donors (Lipinski definition) is 1. The van der Waals surface area contributed by atoms with Gasteiger partial charge in [-0.25, -0.2) is 4.79 Å². The van der Waals surface area contributed by atoms with Crippen LogP contribution < -0.4 is 5.73 Å². The highest BCUT2D eigenvalue weighted by Crippen LogP contribution is 2.44. The highest BCUT2D eigenvalue weighted by Gasteiger charge is 2.39. The fraction of sp³-hybridized carbons (Fsp3) is 0.417. The van der Waals surface area contributed by atoms with Crippen molar-refractivity contribution in [2.24, 2.45) is 11.8 Å². The number of rotatable bonds is 9. The van der Waals surface area contributed by atoms with Gasteiger partial charge in [0.15, 0.2) is 11.6 Å². The van der Waals surface area contributed by atoms with E-state index < -0.39 is 5.97 Å². The SMILES string of the molecule is CCCCOC1CCC2C[C@H](OC(=O)c3cc(SCc4ccccc4)c4c(c3N)C(=O)c3ccccc3C4=O)CC[C@@H]2C1. The summed E-state index contributed by atoms with van der Waals surface area (Å²) in [5.41, 5.74) is 8.87. The van der Waals surface area contributed by atoms with Gasteiger partial charge in [0.2, 0.25) is 0 Å². The second-order valence-electron chi connectivity index (χ2n) is 12.1. The molecule has 0 aliphatic heterocycles. The summed E-state index contributed by atoms with van der Waals surface area (Å²) in [4.78, 5) is 41.7. The summed E-state index contributed by atoms with van der Waals surface area (Å²) in [5, 5.41) is 0. The Hall–Kier alpha value is -3.42. The van der Waals surface area contributed by atoms with Crippen LogP contribution in [0.1, 0.15) is 106 Å². The third-order valence-corrected chi connectivity index (χ3v) is 10.4. The molecular formula is C36H39NO5S. The molecule has 224 valence electrons. The second kappa shape index (κ2) is 13.1. The Bertz CT molecular complexity index is 1520. The van der Waals surface area contributed by atoms with E-state index in [2.05, 4.69) is 6.92 Å². The predicted molar refractivity (Wildman–Crippen MR) is 169 cm³/mol. The fourth-order valence-electron chi connectivity index (χ4n) is 6.97. The molecule has 3 aliphatic rings. The Morgan fingerprint density at radius 3 is 2.19 bits per heavy atom. The number of ether oxygens (including phenoxy) is 2. The molecule has 3 aromatic rings. The molecule has 2 unspecified atom stereocenters. The number of benzene rings is 3. The van der Waals surface area contributed by atoms with E-state index in [1.807, 2.05) is 30.3 Å². The molecule has 2 N–H and O–H groups in total. The van der Waals surface area contributed by atoms with Gasteiger partial charge in [-0.3, -0.25) is 9.59 Å². The van der Waals surface area contributed by atoms with E-state index in [9.17, 15) is 14.4 Å². The monoisotopic (exact) mass is 597 g/mol. The zero-order valence-corrected chi connectivity index (χ0v) is 25.5. The van der Waals surface area contributed by atoms with Crippen LogP contribution in [0.25, 0.3) is 0 Å². The van der Waals surface area contributed by atoms with Crippen molar-refractivity contribution in [1.29, 1.82) is 0 Å². The first-order chi connectivity index (χ1) is 20.9. The van der Waals surface area contributed by atoms with Gasteiger partial charge in [0.05, 0.1) is 22.9 Å². The van der Waals surface area contributed by atoms with Crippen molar-refractivity contribution >= 4 is 35.0 Å².